The lowest BCUT2D eigenvalue weighted by Gasteiger charge is -2.27. The highest BCUT2D eigenvalue weighted by molar-refractivity contribution is 5.99. The van der Waals surface area contributed by atoms with Crippen molar-refractivity contribution < 1.29 is 28.2 Å². The van der Waals surface area contributed by atoms with E-state index in [1.165, 1.54) is 22.9 Å². The number of rotatable bonds is 6. The summed E-state index contributed by atoms with van der Waals surface area (Å²) in [6.07, 6.45) is 3.21. The molecule has 9 nitrogen and oxygen atoms in total. The number of carbonyl (C=O) groups excluding carboxylic acids is 2. The van der Waals surface area contributed by atoms with Crippen molar-refractivity contribution in [2.45, 2.75) is 89.8 Å². The molecule has 6 rings (SSSR count). The molecule has 2 amide bonds. The normalized spacial score (nSPS) is 19.2. The zero-order valence-corrected chi connectivity index (χ0v) is 27.0. The molecule has 3 aromatic carbocycles. The number of nitrogens with one attached hydrogen (secondary N) is 1. The van der Waals surface area contributed by atoms with E-state index in [9.17, 15) is 24.3 Å². The number of fused-ring (bicyclic) bond motifs is 3. The fourth-order valence-corrected chi connectivity index (χ4v) is 6.79. The highest BCUT2D eigenvalue weighted by Crippen LogP contribution is 2.41. The SMILES string of the molecule is CC(C)(O)Cn1ncc2cc(-c3ccc(C(=O)N4[C@@H]5CC[C@H]4[C@@H](NC(=O)OC(C)(C)C)C5)cc3-c3ccc(C#N)c(F)c3)c(F)cc21. The predicted octanol–water partition coefficient (Wildman–Crippen LogP) is 6.56. The van der Waals surface area contributed by atoms with Crippen LogP contribution >= 0.6 is 0 Å². The van der Waals surface area contributed by atoms with E-state index < -0.39 is 28.9 Å². The number of hydrogen-bond donors (Lipinski definition) is 2. The maximum absolute atomic E-state index is 15.9. The molecule has 4 aromatic rings. The molecular formula is C36H37F2N5O4. The number of amides is 2. The average Bonchev–Trinajstić information content (AvgIpc) is 3.67. The lowest BCUT2D eigenvalue weighted by Crippen LogP contribution is -2.46. The van der Waals surface area contributed by atoms with Crippen LogP contribution in [0.2, 0.25) is 0 Å². The molecule has 3 atom stereocenters. The molecule has 2 saturated heterocycles. The van der Waals surface area contributed by atoms with E-state index in [-0.39, 0.29) is 41.7 Å². The second kappa shape index (κ2) is 11.8. The van der Waals surface area contributed by atoms with Crippen LogP contribution in [0.5, 0.6) is 0 Å². The van der Waals surface area contributed by atoms with Crippen LogP contribution in [0.3, 0.4) is 0 Å². The van der Waals surface area contributed by atoms with Crippen molar-refractivity contribution in [3.63, 3.8) is 0 Å². The Morgan fingerprint density at radius 1 is 1.02 bits per heavy atom. The van der Waals surface area contributed by atoms with Gasteiger partial charge in [0, 0.05) is 28.6 Å². The van der Waals surface area contributed by atoms with Gasteiger partial charge >= 0.3 is 6.09 Å². The van der Waals surface area contributed by atoms with Gasteiger partial charge in [0.25, 0.3) is 5.91 Å². The monoisotopic (exact) mass is 641 g/mol. The molecule has 0 aliphatic carbocycles. The fourth-order valence-electron chi connectivity index (χ4n) is 6.79. The second-order valence-electron chi connectivity index (χ2n) is 14.1. The minimum atomic E-state index is -1.07. The van der Waals surface area contributed by atoms with Crippen molar-refractivity contribution in [2.24, 2.45) is 0 Å². The van der Waals surface area contributed by atoms with Gasteiger partial charge in [-0.2, -0.15) is 10.4 Å². The molecule has 1 aromatic heterocycles. The molecule has 11 heteroatoms. The smallest absolute Gasteiger partial charge is 0.407 e. The van der Waals surface area contributed by atoms with Gasteiger partial charge in [0.05, 0.1) is 41.5 Å². The van der Waals surface area contributed by atoms with E-state index in [2.05, 4.69) is 10.4 Å². The van der Waals surface area contributed by atoms with Crippen molar-refractivity contribution in [2.75, 3.05) is 0 Å². The third kappa shape index (κ3) is 6.43. The number of halogens is 2. The van der Waals surface area contributed by atoms with Gasteiger partial charge in [0.15, 0.2) is 0 Å². The van der Waals surface area contributed by atoms with E-state index in [1.807, 2.05) is 11.0 Å². The number of nitrogens with zero attached hydrogens (tertiary/aromatic N) is 4. The molecule has 2 fully saturated rings. The van der Waals surface area contributed by atoms with Crippen LogP contribution in [-0.4, -0.2) is 61.1 Å². The van der Waals surface area contributed by atoms with Gasteiger partial charge in [-0.25, -0.2) is 13.6 Å². The first-order chi connectivity index (χ1) is 22.1. The number of carbonyl (C=O) groups is 2. The zero-order chi connectivity index (χ0) is 33.8. The number of alkyl carbamates (subject to hydrolysis) is 1. The number of nitriles is 1. The van der Waals surface area contributed by atoms with Crippen molar-refractivity contribution in [3.8, 4) is 28.3 Å². The quantitative estimate of drug-likeness (QED) is 0.246. The molecule has 244 valence electrons. The minimum absolute atomic E-state index is 0.0665. The first kappa shape index (κ1) is 32.1. The topological polar surface area (TPSA) is 120 Å². The first-order valence-electron chi connectivity index (χ1n) is 15.7. The van der Waals surface area contributed by atoms with Crippen molar-refractivity contribution in [1.82, 2.24) is 20.0 Å². The first-order valence-corrected chi connectivity index (χ1v) is 15.7. The molecule has 3 heterocycles. The number of benzene rings is 3. The largest absolute Gasteiger partial charge is 0.444 e. The standard InChI is InChI=1S/C36H37F2N5O4/c1-35(2,3)47-34(45)41-30-15-24-9-11-31(30)43(24)33(44)21-8-10-25(26(12-21)20-6-7-22(17-39)28(37)14-20)27-13-23-18-40-42(19-36(4,5)46)32(23)16-29(27)38/h6-8,10,12-14,16,18,24,30-31,46H,9,11,15,19H2,1-5H3,(H,41,45)/t24-,30+,31+/m1/s1. The molecule has 0 spiro atoms. The summed E-state index contributed by atoms with van der Waals surface area (Å²) < 4.78 is 37.8. The average molecular weight is 642 g/mol. The van der Waals surface area contributed by atoms with Crippen LogP contribution in [0, 0.1) is 23.0 Å². The Kier molecular flexibility index (Phi) is 8.04. The molecule has 2 aliphatic rings. The van der Waals surface area contributed by atoms with Crippen molar-refractivity contribution in [3.05, 3.63) is 77.5 Å². The van der Waals surface area contributed by atoms with Gasteiger partial charge < -0.3 is 20.1 Å². The summed E-state index contributed by atoms with van der Waals surface area (Å²) >= 11 is 0. The predicted molar refractivity (Wildman–Crippen MR) is 172 cm³/mol. The Labute approximate surface area is 271 Å². The number of ether oxygens (including phenoxy) is 1. The number of aromatic nitrogens is 2. The van der Waals surface area contributed by atoms with Crippen molar-refractivity contribution in [1.29, 1.82) is 5.26 Å². The summed E-state index contributed by atoms with van der Waals surface area (Å²) in [4.78, 5) is 28.4. The van der Waals surface area contributed by atoms with Gasteiger partial charge in [0.2, 0.25) is 0 Å². The van der Waals surface area contributed by atoms with Crippen LogP contribution in [0.25, 0.3) is 33.2 Å². The van der Waals surface area contributed by atoms with Gasteiger partial charge in [0.1, 0.15) is 23.3 Å². The lowest BCUT2D eigenvalue weighted by atomic mass is 9.91. The molecule has 2 N–H and O–H groups in total. The lowest BCUT2D eigenvalue weighted by molar-refractivity contribution is 0.0484. The van der Waals surface area contributed by atoms with Gasteiger partial charge in [-0.05, 0) is 101 Å². The van der Waals surface area contributed by atoms with E-state index >= 15 is 4.39 Å². The Morgan fingerprint density at radius 3 is 2.47 bits per heavy atom. The molecule has 0 saturated carbocycles. The summed E-state index contributed by atoms with van der Waals surface area (Å²) in [7, 11) is 0. The summed E-state index contributed by atoms with van der Waals surface area (Å²) in [6.45, 7) is 8.82. The van der Waals surface area contributed by atoms with Gasteiger partial charge in [-0.1, -0.05) is 12.1 Å². The maximum atomic E-state index is 15.9. The van der Waals surface area contributed by atoms with Crippen LogP contribution in [0.15, 0.2) is 54.7 Å². The molecular weight excluding hydrogens is 604 g/mol. The third-order valence-electron chi connectivity index (χ3n) is 8.70. The Hall–Kier alpha value is -4.82. The van der Waals surface area contributed by atoms with Crippen LogP contribution in [0.4, 0.5) is 13.6 Å². The molecule has 2 bridgehead atoms. The molecule has 0 radical (unpaired) electrons. The minimum Gasteiger partial charge on any atom is -0.444 e. The van der Waals surface area contributed by atoms with Crippen LogP contribution in [-0.2, 0) is 11.3 Å². The molecule has 0 unspecified atom stereocenters. The summed E-state index contributed by atoms with van der Waals surface area (Å²) in [5.74, 6) is -1.53. The van der Waals surface area contributed by atoms with Gasteiger partial charge in [-0.15, -0.1) is 0 Å². The molecule has 2 aliphatic heterocycles. The van der Waals surface area contributed by atoms with E-state index in [4.69, 9.17) is 4.74 Å². The summed E-state index contributed by atoms with van der Waals surface area (Å²) in [6, 6.07) is 13.4. The Balaban J connectivity index is 1.38. The van der Waals surface area contributed by atoms with Crippen LogP contribution in [0.1, 0.15) is 69.8 Å². The number of aliphatic hydroxyl groups is 1. The maximum Gasteiger partial charge on any atom is 0.407 e. The third-order valence-corrected chi connectivity index (χ3v) is 8.70. The summed E-state index contributed by atoms with van der Waals surface area (Å²) in [5.41, 5.74) is 0.426. The Morgan fingerprint density at radius 2 is 1.79 bits per heavy atom. The zero-order valence-electron chi connectivity index (χ0n) is 27.0. The molecule has 47 heavy (non-hydrogen) atoms. The number of hydrogen-bond acceptors (Lipinski definition) is 6. The van der Waals surface area contributed by atoms with Crippen LogP contribution < -0.4 is 5.32 Å². The fraction of sp³-hybridized carbons (Fsp3) is 0.389. The van der Waals surface area contributed by atoms with E-state index in [0.717, 1.165) is 12.8 Å². The van der Waals surface area contributed by atoms with Crippen molar-refractivity contribution >= 4 is 22.9 Å². The van der Waals surface area contributed by atoms with E-state index in [0.29, 0.717) is 39.6 Å². The Bertz CT molecular complexity index is 1930. The summed E-state index contributed by atoms with van der Waals surface area (Å²) in [5, 5.41) is 27.5. The highest BCUT2D eigenvalue weighted by Gasteiger charge is 2.49. The van der Waals surface area contributed by atoms with Gasteiger partial charge in [-0.3, -0.25) is 9.48 Å². The van der Waals surface area contributed by atoms with E-state index in [1.54, 1.807) is 71.1 Å². The second-order valence-corrected chi connectivity index (χ2v) is 14.1. The highest BCUT2D eigenvalue weighted by atomic mass is 19.1.